The van der Waals surface area contributed by atoms with E-state index in [-0.39, 0.29) is 12.5 Å². The summed E-state index contributed by atoms with van der Waals surface area (Å²) in [6.45, 7) is 1.29. The van der Waals surface area contributed by atoms with Crippen LogP contribution in [0.25, 0.3) is 0 Å². The highest BCUT2D eigenvalue weighted by Crippen LogP contribution is 2.18. The van der Waals surface area contributed by atoms with Gasteiger partial charge in [-0.3, -0.25) is 14.5 Å². The van der Waals surface area contributed by atoms with Crippen LogP contribution in [-0.4, -0.2) is 48.9 Å². The van der Waals surface area contributed by atoms with Gasteiger partial charge in [-0.1, -0.05) is 0 Å². The smallest absolute Gasteiger partial charge is 0.227 e. The minimum absolute atomic E-state index is 0.0582. The molecule has 1 unspecified atom stereocenters. The summed E-state index contributed by atoms with van der Waals surface area (Å²) in [5, 5.41) is 22.9. The number of nitrogens with zero attached hydrogens (tertiary/aromatic N) is 4. The zero-order valence-electron chi connectivity index (χ0n) is 12.1. The van der Waals surface area contributed by atoms with Gasteiger partial charge in [0.2, 0.25) is 5.91 Å². The van der Waals surface area contributed by atoms with Crippen LogP contribution in [0.2, 0.25) is 0 Å². The summed E-state index contributed by atoms with van der Waals surface area (Å²) in [5.74, 6) is 0.0582. The fourth-order valence-corrected chi connectivity index (χ4v) is 2.54. The van der Waals surface area contributed by atoms with Crippen LogP contribution < -0.4 is 0 Å². The number of rotatable bonds is 4. The first kappa shape index (κ1) is 14.7. The number of hydrogen-bond acceptors (Lipinski definition) is 5. The van der Waals surface area contributed by atoms with Gasteiger partial charge in [-0.15, -0.1) is 0 Å². The highest BCUT2D eigenvalue weighted by Gasteiger charge is 2.23. The maximum atomic E-state index is 12.4. The van der Waals surface area contributed by atoms with Gasteiger partial charge in [0.1, 0.15) is 6.10 Å². The predicted octanol–water partition coefficient (Wildman–Crippen LogP) is -0.111. The molecular weight excluding hydrogens is 284 g/mol. The van der Waals surface area contributed by atoms with E-state index in [1.54, 1.807) is 28.0 Å². The summed E-state index contributed by atoms with van der Waals surface area (Å²) in [5.41, 5.74) is 2.26. The molecule has 7 heteroatoms. The van der Waals surface area contributed by atoms with Crippen molar-refractivity contribution in [2.24, 2.45) is 0 Å². The highest BCUT2D eigenvalue weighted by molar-refractivity contribution is 5.78. The normalized spacial score (nSPS) is 15.5. The number of amides is 1. The second-order valence-electron chi connectivity index (χ2n) is 5.33. The first-order valence-corrected chi connectivity index (χ1v) is 7.19. The Labute approximate surface area is 127 Å². The third kappa shape index (κ3) is 3.00. The monoisotopic (exact) mass is 302 g/mol. The lowest BCUT2D eigenvalue weighted by Gasteiger charge is -2.27. The number of fused-ring (bicyclic) bond motifs is 1. The van der Waals surface area contributed by atoms with Crippen molar-refractivity contribution in [3.63, 3.8) is 0 Å². The zero-order valence-corrected chi connectivity index (χ0v) is 12.1. The summed E-state index contributed by atoms with van der Waals surface area (Å²) >= 11 is 0. The van der Waals surface area contributed by atoms with Crippen LogP contribution in [0.3, 0.4) is 0 Å². The van der Waals surface area contributed by atoms with Gasteiger partial charge < -0.3 is 15.1 Å². The Bertz CT molecular complexity index is 656. The summed E-state index contributed by atoms with van der Waals surface area (Å²) < 4.78 is 1.78. The molecule has 116 valence electrons. The summed E-state index contributed by atoms with van der Waals surface area (Å²) in [4.78, 5) is 18.1. The molecule has 0 aliphatic carbocycles. The Morgan fingerprint density at radius 1 is 1.32 bits per heavy atom. The van der Waals surface area contributed by atoms with Gasteiger partial charge in [0, 0.05) is 18.9 Å². The van der Waals surface area contributed by atoms with Crippen molar-refractivity contribution in [1.82, 2.24) is 19.7 Å². The second kappa shape index (κ2) is 6.25. The van der Waals surface area contributed by atoms with Crippen LogP contribution in [-0.2, 0) is 24.3 Å². The molecule has 2 N–H and O–H groups in total. The molecule has 3 rings (SSSR count). The quantitative estimate of drug-likeness (QED) is 0.822. The van der Waals surface area contributed by atoms with Crippen molar-refractivity contribution in [3.05, 3.63) is 47.5 Å². The number of pyridine rings is 1. The molecule has 1 aliphatic rings. The SMILES string of the molecule is O=C(Cc1ccncc1)N1CCn2nc(C(O)CO)cc2C1. The van der Waals surface area contributed by atoms with Gasteiger partial charge in [-0.2, -0.15) is 5.10 Å². The van der Waals surface area contributed by atoms with Crippen molar-refractivity contribution in [1.29, 1.82) is 0 Å². The van der Waals surface area contributed by atoms with E-state index in [0.29, 0.717) is 31.7 Å². The molecule has 0 aromatic carbocycles. The van der Waals surface area contributed by atoms with Crippen LogP contribution in [0.5, 0.6) is 0 Å². The van der Waals surface area contributed by atoms with Crippen molar-refractivity contribution in [2.75, 3.05) is 13.2 Å². The second-order valence-corrected chi connectivity index (χ2v) is 5.33. The molecule has 1 amide bonds. The van der Waals surface area contributed by atoms with E-state index >= 15 is 0 Å². The molecule has 22 heavy (non-hydrogen) atoms. The topological polar surface area (TPSA) is 91.5 Å². The van der Waals surface area contributed by atoms with E-state index in [9.17, 15) is 9.90 Å². The summed E-state index contributed by atoms with van der Waals surface area (Å²) in [7, 11) is 0. The van der Waals surface area contributed by atoms with E-state index in [0.717, 1.165) is 11.3 Å². The molecule has 0 spiro atoms. The maximum absolute atomic E-state index is 12.4. The Morgan fingerprint density at radius 3 is 2.82 bits per heavy atom. The number of aromatic nitrogens is 3. The van der Waals surface area contributed by atoms with Crippen LogP contribution in [0.4, 0.5) is 0 Å². The predicted molar refractivity (Wildman–Crippen MR) is 77.6 cm³/mol. The molecule has 2 aromatic rings. The van der Waals surface area contributed by atoms with Gasteiger partial charge in [0.25, 0.3) is 0 Å². The fourth-order valence-electron chi connectivity index (χ4n) is 2.54. The van der Waals surface area contributed by atoms with Crippen molar-refractivity contribution in [3.8, 4) is 0 Å². The Hall–Kier alpha value is -2.25. The van der Waals surface area contributed by atoms with Gasteiger partial charge >= 0.3 is 0 Å². The molecule has 1 atom stereocenters. The number of carbonyl (C=O) groups is 1. The fraction of sp³-hybridized carbons (Fsp3) is 0.400. The third-order valence-corrected chi connectivity index (χ3v) is 3.79. The van der Waals surface area contributed by atoms with E-state index in [1.807, 2.05) is 12.1 Å². The van der Waals surface area contributed by atoms with Crippen molar-refractivity contribution in [2.45, 2.75) is 25.6 Å². The van der Waals surface area contributed by atoms with E-state index in [2.05, 4.69) is 10.1 Å². The first-order chi connectivity index (χ1) is 10.7. The molecule has 2 aromatic heterocycles. The molecular formula is C15H18N4O3. The van der Waals surface area contributed by atoms with E-state index < -0.39 is 6.10 Å². The molecule has 0 saturated carbocycles. The molecule has 0 bridgehead atoms. The maximum Gasteiger partial charge on any atom is 0.227 e. The standard InChI is InChI=1S/C15H18N4O3/c20-10-14(21)13-8-12-9-18(5-6-19(12)17-13)15(22)7-11-1-3-16-4-2-11/h1-4,8,14,20-21H,5-7,9-10H2. The lowest BCUT2D eigenvalue weighted by molar-refractivity contribution is -0.132. The Morgan fingerprint density at radius 2 is 2.09 bits per heavy atom. The van der Waals surface area contributed by atoms with E-state index in [4.69, 9.17) is 5.11 Å². The van der Waals surface area contributed by atoms with E-state index in [1.165, 1.54) is 0 Å². The minimum Gasteiger partial charge on any atom is -0.393 e. The highest BCUT2D eigenvalue weighted by atomic mass is 16.3. The Kier molecular flexibility index (Phi) is 4.17. The molecule has 0 fully saturated rings. The molecule has 0 saturated heterocycles. The van der Waals surface area contributed by atoms with Gasteiger partial charge in [0.15, 0.2) is 0 Å². The van der Waals surface area contributed by atoms with Crippen molar-refractivity contribution < 1.29 is 15.0 Å². The third-order valence-electron chi connectivity index (χ3n) is 3.79. The number of hydrogen-bond donors (Lipinski definition) is 2. The lowest BCUT2D eigenvalue weighted by Crippen LogP contribution is -2.39. The van der Waals surface area contributed by atoms with Crippen LogP contribution in [0, 0.1) is 0 Å². The molecule has 1 aliphatic heterocycles. The number of aliphatic hydroxyl groups is 2. The lowest BCUT2D eigenvalue weighted by atomic mass is 10.1. The molecule has 0 radical (unpaired) electrons. The van der Waals surface area contributed by atoms with Crippen LogP contribution in [0.1, 0.15) is 23.1 Å². The largest absolute Gasteiger partial charge is 0.393 e. The summed E-state index contributed by atoms with van der Waals surface area (Å²) in [6.07, 6.45) is 2.73. The van der Waals surface area contributed by atoms with Crippen LogP contribution in [0.15, 0.2) is 30.6 Å². The van der Waals surface area contributed by atoms with Crippen LogP contribution >= 0.6 is 0 Å². The number of aliphatic hydroxyl groups excluding tert-OH is 2. The van der Waals surface area contributed by atoms with Gasteiger partial charge in [-0.25, -0.2) is 0 Å². The van der Waals surface area contributed by atoms with Crippen molar-refractivity contribution >= 4 is 5.91 Å². The summed E-state index contributed by atoms with van der Waals surface area (Å²) in [6, 6.07) is 5.41. The van der Waals surface area contributed by atoms with Gasteiger partial charge in [-0.05, 0) is 23.8 Å². The molecule has 3 heterocycles. The zero-order chi connectivity index (χ0) is 15.5. The Balaban J connectivity index is 1.68. The number of carbonyl (C=O) groups excluding carboxylic acids is 1. The minimum atomic E-state index is -0.973. The first-order valence-electron chi connectivity index (χ1n) is 7.19. The average Bonchev–Trinajstić information content (AvgIpc) is 2.98. The molecule has 7 nitrogen and oxygen atoms in total. The average molecular weight is 302 g/mol. The van der Waals surface area contributed by atoms with Gasteiger partial charge in [0.05, 0.1) is 37.5 Å².